The van der Waals surface area contributed by atoms with Crippen LogP contribution in [0.3, 0.4) is 0 Å². The van der Waals surface area contributed by atoms with E-state index in [2.05, 4.69) is 29.4 Å². The first kappa shape index (κ1) is 8.34. The number of hydrogen-bond acceptors (Lipinski definition) is 1. The number of aryl methyl sites for hydroxylation is 1. The summed E-state index contributed by atoms with van der Waals surface area (Å²) in [7, 11) is 0. The monoisotopic (exact) mass is 170 g/mol. The van der Waals surface area contributed by atoms with Gasteiger partial charge in [0.05, 0.1) is 6.54 Å². The zero-order valence-electron chi connectivity index (χ0n) is 7.51. The predicted octanol–water partition coefficient (Wildman–Crippen LogP) is 1.70. The summed E-state index contributed by atoms with van der Waals surface area (Å²) in [5.41, 5.74) is 2.81. The molecule has 1 aromatic rings. The third-order valence-corrected chi connectivity index (χ3v) is 2.52. The molecule has 1 unspecified atom stereocenters. The normalized spacial score (nSPS) is 19.5. The van der Waals surface area contributed by atoms with Crippen LogP contribution < -0.4 is 5.32 Å². The summed E-state index contributed by atoms with van der Waals surface area (Å²) in [6, 6.07) is 9.74. The third kappa shape index (κ3) is 1.59. The molecule has 1 aliphatic rings. The number of nitrogens with one attached hydrogen (secondary N) is 1. The van der Waals surface area contributed by atoms with Gasteiger partial charge in [-0.3, -0.25) is 5.32 Å². The minimum absolute atomic E-state index is 0.448. The molecule has 1 nitrogen and oxygen atoms in total. The van der Waals surface area contributed by atoms with E-state index >= 15 is 0 Å². The van der Waals surface area contributed by atoms with Crippen LogP contribution in [0.2, 0.25) is 0 Å². The molecule has 1 radical (unpaired) electrons. The lowest BCUT2D eigenvalue weighted by Gasteiger charge is -2.10. The molecule has 0 spiro atoms. The van der Waals surface area contributed by atoms with Crippen molar-refractivity contribution in [1.29, 1.82) is 0 Å². The van der Waals surface area contributed by atoms with E-state index in [0.717, 1.165) is 12.8 Å². The molecule has 0 aliphatic heterocycles. The smallest absolute Gasteiger partial charge is 0.0578 e. The van der Waals surface area contributed by atoms with Crippen LogP contribution in [0.4, 0.5) is 0 Å². The van der Waals surface area contributed by atoms with E-state index in [4.69, 9.17) is 6.42 Å². The Balaban J connectivity index is 2.15. The van der Waals surface area contributed by atoms with E-state index in [0.29, 0.717) is 12.6 Å². The van der Waals surface area contributed by atoms with Crippen LogP contribution >= 0.6 is 0 Å². The summed E-state index contributed by atoms with van der Waals surface area (Å²) in [6.45, 7) is 0.652. The van der Waals surface area contributed by atoms with Gasteiger partial charge in [-0.25, -0.2) is 0 Å². The number of hydrogen-bond donors (Lipinski definition) is 1. The molecule has 0 fully saturated rings. The highest BCUT2D eigenvalue weighted by atomic mass is 14.9. The number of benzene rings is 1. The van der Waals surface area contributed by atoms with Crippen LogP contribution in [0.5, 0.6) is 0 Å². The van der Waals surface area contributed by atoms with Crippen molar-refractivity contribution in [3.8, 4) is 12.3 Å². The summed E-state index contributed by atoms with van der Waals surface area (Å²) >= 11 is 0. The highest BCUT2D eigenvalue weighted by Gasteiger charge is 2.20. The van der Waals surface area contributed by atoms with Crippen molar-refractivity contribution in [3.05, 3.63) is 35.4 Å². The Bertz CT molecular complexity index is 335. The minimum atomic E-state index is 0.448. The summed E-state index contributed by atoms with van der Waals surface area (Å²) in [6.07, 6.45) is 7.53. The van der Waals surface area contributed by atoms with Gasteiger partial charge in [-0.2, -0.15) is 0 Å². The summed E-state index contributed by atoms with van der Waals surface area (Å²) in [5.74, 6) is 2.60. The zero-order chi connectivity index (χ0) is 9.10. The fourth-order valence-corrected chi connectivity index (χ4v) is 1.88. The SMILES string of the molecule is C#CCNC1CCc2cc[c]cc21. The molecule has 0 saturated carbocycles. The lowest BCUT2D eigenvalue weighted by Crippen LogP contribution is -2.19. The number of fused-ring (bicyclic) bond motifs is 1. The first-order valence-electron chi connectivity index (χ1n) is 4.57. The first-order valence-corrected chi connectivity index (χ1v) is 4.57. The average Bonchev–Trinajstić information content (AvgIpc) is 2.58. The van der Waals surface area contributed by atoms with E-state index in [1.54, 1.807) is 0 Å². The molecule has 1 aromatic carbocycles. The Hall–Kier alpha value is -1.26. The maximum Gasteiger partial charge on any atom is 0.0578 e. The van der Waals surface area contributed by atoms with Crippen molar-refractivity contribution in [3.63, 3.8) is 0 Å². The summed E-state index contributed by atoms with van der Waals surface area (Å²) in [5, 5.41) is 3.33. The molecule has 2 rings (SSSR count). The first-order chi connectivity index (χ1) is 6.42. The molecule has 1 aliphatic carbocycles. The molecule has 65 valence electrons. The van der Waals surface area contributed by atoms with Gasteiger partial charge in [0.15, 0.2) is 0 Å². The highest BCUT2D eigenvalue weighted by molar-refractivity contribution is 5.33. The lowest BCUT2D eigenvalue weighted by atomic mass is 10.1. The fraction of sp³-hybridized carbons (Fsp3) is 0.333. The van der Waals surface area contributed by atoms with Gasteiger partial charge in [0, 0.05) is 6.04 Å². The molecule has 0 heterocycles. The second kappa shape index (κ2) is 3.64. The Morgan fingerprint density at radius 3 is 3.46 bits per heavy atom. The highest BCUT2D eigenvalue weighted by Crippen LogP contribution is 2.30. The molecular weight excluding hydrogens is 158 g/mol. The maximum absolute atomic E-state index is 5.21. The lowest BCUT2D eigenvalue weighted by molar-refractivity contribution is 0.568. The molecule has 1 heteroatoms. The van der Waals surface area contributed by atoms with Crippen LogP contribution in [0, 0.1) is 18.4 Å². The van der Waals surface area contributed by atoms with Crippen molar-refractivity contribution >= 4 is 0 Å². The van der Waals surface area contributed by atoms with Gasteiger partial charge in [-0.1, -0.05) is 18.1 Å². The quantitative estimate of drug-likeness (QED) is 0.666. The van der Waals surface area contributed by atoms with E-state index < -0.39 is 0 Å². The molecule has 0 saturated heterocycles. The molecule has 13 heavy (non-hydrogen) atoms. The standard InChI is InChI=1S/C12H12N/c1-2-9-13-12-8-7-10-5-3-4-6-11(10)12/h1,3,5-6,12-13H,7-9H2. The van der Waals surface area contributed by atoms with Gasteiger partial charge in [0.2, 0.25) is 0 Å². The Morgan fingerprint density at radius 2 is 2.62 bits per heavy atom. The van der Waals surface area contributed by atoms with Crippen molar-refractivity contribution in [2.45, 2.75) is 18.9 Å². The van der Waals surface area contributed by atoms with E-state index in [-0.39, 0.29) is 0 Å². The van der Waals surface area contributed by atoms with Crippen LogP contribution in [0.15, 0.2) is 18.2 Å². The van der Waals surface area contributed by atoms with Crippen molar-refractivity contribution in [1.82, 2.24) is 5.32 Å². The maximum atomic E-state index is 5.21. The van der Waals surface area contributed by atoms with Crippen LogP contribution in [0.1, 0.15) is 23.6 Å². The molecule has 0 aromatic heterocycles. The van der Waals surface area contributed by atoms with Gasteiger partial charge in [0.1, 0.15) is 0 Å². The van der Waals surface area contributed by atoms with Crippen LogP contribution in [-0.4, -0.2) is 6.54 Å². The van der Waals surface area contributed by atoms with Gasteiger partial charge >= 0.3 is 0 Å². The van der Waals surface area contributed by atoms with Gasteiger partial charge in [0.25, 0.3) is 0 Å². The van der Waals surface area contributed by atoms with Gasteiger partial charge in [-0.15, -0.1) is 6.42 Å². The fourth-order valence-electron chi connectivity index (χ4n) is 1.88. The van der Waals surface area contributed by atoms with Gasteiger partial charge in [-0.05, 0) is 36.1 Å². The minimum Gasteiger partial charge on any atom is -0.299 e. The second-order valence-corrected chi connectivity index (χ2v) is 3.30. The largest absolute Gasteiger partial charge is 0.299 e. The molecular formula is C12H12N. The number of terminal acetylenes is 1. The van der Waals surface area contributed by atoms with Crippen LogP contribution in [0.25, 0.3) is 0 Å². The van der Waals surface area contributed by atoms with Crippen LogP contribution in [-0.2, 0) is 6.42 Å². The summed E-state index contributed by atoms with van der Waals surface area (Å²) < 4.78 is 0. The topological polar surface area (TPSA) is 12.0 Å². The molecule has 1 atom stereocenters. The van der Waals surface area contributed by atoms with Crippen molar-refractivity contribution in [2.75, 3.05) is 6.54 Å². The van der Waals surface area contributed by atoms with Crippen molar-refractivity contribution in [2.24, 2.45) is 0 Å². The molecule has 0 amide bonds. The molecule has 0 bridgehead atoms. The summed E-state index contributed by atoms with van der Waals surface area (Å²) in [4.78, 5) is 0. The molecule has 1 N–H and O–H groups in total. The second-order valence-electron chi connectivity index (χ2n) is 3.30. The predicted molar refractivity (Wildman–Crippen MR) is 53.2 cm³/mol. The van der Waals surface area contributed by atoms with E-state index in [1.807, 2.05) is 6.07 Å². The average molecular weight is 170 g/mol. The van der Waals surface area contributed by atoms with E-state index in [1.165, 1.54) is 11.1 Å². The number of rotatable bonds is 2. The van der Waals surface area contributed by atoms with Gasteiger partial charge < -0.3 is 0 Å². The van der Waals surface area contributed by atoms with Crippen molar-refractivity contribution < 1.29 is 0 Å². The third-order valence-electron chi connectivity index (χ3n) is 2.52. The zero-order valence-corrected chi connectivity index (χ0v) is 7.51. The Morgan fingerprint density at radius 1 is 1.69 bits per heavy atom. The Kier molecular flexibility index (Phi) is 2.33. The Labute approximate surface area is 79.2 Å². The van der Waals surface area contributed by atoms with E-state index in [9.17, 15) is 0 Å².